The molecule has 1 saturated heterocycles. The Morgan fingerprint density at radius 1 is 1.12 bits per heavy atom. The van der Waals surface area contributed by atoms with Gasteiger partial charge in [0.15, 0.2) is 0 Å². The third kappa shape index (κ3) is 5.42. The average Bonchev–Trinajstić information content (AvgIpc) is 3.20. The van der Waals surface area contributed by atoms with Gasteiger partial charge in [-0.2, -0.15) is 4.98 Å². The van der Waals surface area contributed by atoms with Crippen LogP contribution in [0.5, 0.6) is 0 Å². The van der Waals surface area contributed by atoms with Crippen molar-refractivity contribution in [3.05, 3.63) is 36.3 Å². The number of hydrogen-bond donors (Lipinski definition) is 2. The van der Waals surface area contributed by atoms with Gasteiger partial charge in [-0.15, -0.1) is 0 Å². The molecule has 33 heavy (non-hydrogen) atoms. The summed E-state index contributed by atoms with van der Waals surface area (Å²) in [4.78, 5) is 30.5. The molecule has 0 aliphatic carbocycles. The minimum atomic E-state index is -0.0248. The van der Waals surface area contributed by atoms with Crippen molar-refractivity contribution in [3.63, 3.8) is 0 Å². The minimum absolute atomic E-state index is 0.0248. The third-order valence-electron chi connectivity index (χ3n) is 5.97. The fraction of sp³-hybridized carbons (Fsp3) is 0.500. The molecule has 0 saturated carbocycles. The summed E-state index contributed by atoms with van der Waals surface area (Å²) in [7, 11) is 3.55. The second kappa shape index (κ2) is 10.6. The summed E-state index contributed by atoms with van der Waals surface area (Å²) < 4.78 is 2.03. The van der Waals surface area contributed by atoms with E-state index in [1.807, 2.05) is 22.9 Å². The number of aryl methyl sites for hydroxylation is 1. The first-order valence-corrected chi connectivity index (χ1v) is 11.8. The molecule has 4 heterocycles. The first-order valence-electron chi connectivity index (χ1n) is 11.8. The molecule has 0 atom stereocenters. The topological polar surface area (TPSA) is 91.2 Å². The van der Waals surface area contributed by atoms with Crippen LogP contribution in [-0.4, -0.2) is 70.6 Å². The van der Waals surface area contributed by atoms with Gasteiger partial charge in [0.25, 0.3) is 5.91 Å². The molecular formula is C24H34N8O. The standard InChI is InChI=1S/C24H34N8O/c1-4-5-6-7-12-32-20(23(33)30(2)3)15-18-16-27-24(29-22(18)32)28-21-9-8-19(17-26-21)31-13-10-25-11-14-31/h8-9,15-17,25H,4-7,10-14H2,1-3H3,(H,26,27,28,29). The highest BCUT2D eigenvalue weighted by Gasteiger charge is 2.19. The van der Waals surface area contributed by atoms with Crippen LogP contribution < -0.4 is 15.5 Å². The van der Waals surface area contributed by atoms with Crippen LogP contribution >= 0.6 is 0 Å². The van der Waals surface area contributed by atoms with E-state index in [1.165, 1.54) is 12.8 Å². The molecule has 2 N–H and O–H groups in total. The van der Waals surface area contributed by atoms with Gasteiger partial charge in [0.05, 0.1) is 11.9 Å². The summed E-state index contributed by atoms with van der Waals surface area (Å²) in [6, 6.07) is 5.92. The predicted octanol–water partition coefficient (Wildman–Crippen LogP) is 3.26. The molecule has 0 spiro atoms. The van der Waals surface area contributed by atoms with E-state index in [-0.39, 0.29) is 5.91 Å². The zero-order chi connectivity index (χ0) is 23.2. The normalized spacial score (nSPS) is 14.0. The molecule has 1 amide bonds. The number of aromatic nitrogens is 4. The highest BCUT2D eigenvalue weighted by Crippen LogP contribution is 2.23. The molecule has 176 valence electrons. The zero-order valence-electron chi connectivity index (χ0n) is 19.8. The summed E-state index contributed by atoms with van der Waals surface area (Å²) in [6.07, 6.45) is 8.16. The molecule has 4 rings (SSSR count). The number of piperazine rings is 1. The molecule has 9 nitrogen and oxygen atoms in total. The van der Waals surface area contributed by atoms with Crippen molar-refractivity contribution < 1.29 is 4.79 Å². The van der Waals surface area contributed by atoms with E-state index in [9.17, 15) is 4.79 Å². The smallest absolute Gasteiger partial charge is 0.270 e. The molecule has 0 radical (unpaired) electrons. The fourth-order valence-corrected chi connectivity index (χ4v) is 4.11. The molecular weight excluding hydrogens is 416 g/mol. The number of hydrogen-bond acceptors (Lipinski definition) is 7. The van der Waals surface area contributed by atoms with E-state index in [1.54, 1.807) is 25.2 Å². The molecule has 3 aromatic rings. The summed E-state index contributed by atoms with van der Waals surface area (Å²) in [5.74, 6) is 1.14. The van der Waals surface area contributed by atoms with Gasteiger partial charge < -0.3 is 25.0 Å². The summed E-state index contributed by atoms with van der Waals surface area (Å²) >= 11 is 0. The third-order valence-corrected chi connectivity index (χ3v) is 5.97. The number of unbranched alkanes of at least 4 members (excludes halogenated alkanes) is 3. The van der Waals surface area contributed by atoms with E-state index in [0.29, 0.717) is 17.5 Å². The van der Waals surface area contributed by atoms with Gasteiger partial charge in [0.1, 0.15) is 17.2 Å². The first-order chi connectivity index (χ1) is 16.1. The highest BCUT2D eigenvalue weighted by molar-refractivity contribution is 5.97. The summed E-state index contributed by atoms with van der Waals surface area (Å²) in [6.45, 7) is 6.90. The lowest BCUT2D eigenvalue weighted by Gasteiger charge is -2.29. The maximum Gasteiger partial charge on any atom is 0.270 e. The lowest BCUT2D eigenvalue weighted by molar-refractivity contribution is 0.0817. The van der Waals surface area contributed by atoms with E-state index in [2.05, 4.69) is 38.5 Å². The van der Waals surface area contributed by atoms with E-state index < -0.39 is 0 Å². The van der Waals surface area contributed by atoms with Crippen LogP contribution in [-0.2, 0) is 6.54 Å². The van der Waals surface area contributed by atoms with Crippen LogP contribution in [0.15, 0.2) is 30.6 Å². The fourth-order valence-electron chi connectivity index (χ4n) is 4.11. The molecule has 0 aromatic carbocycles. The Hall–Kier alpha value is -3.20. The first kappa shape index (κ1) is 23.0. The molecule has 1 aliphatic heterocycles. The van der Waals surface area contributed by atoms with E-state index >= 15 is 0 Å². The Balaban J connectivity index is 1.56. The van der Waals surface area contributed by atoms with E-state index in [0.717, 1.165) is 62.3 Å². The van der Waals surface area contributed by atoms with Gasteiger partial charge in [0, 0.05) is 58.4 Å². The number of rotatable bonds is 9. The van der Waals surface area contributed by atoms with Crippen molar-refractivity contribution in [1.29, 1.82) is 0 Å². The van der Waals surface area contributed by atoms with Crippen molar-refractivity contribution in [2.24, 2.45) is 0 Å². The largest absolute Gasteiger partial charge is 0.368 e. The van der Waals surface area contributed by atoms with Gasteiger partial charge in [-0.3, -0.25) is 4.79 Å². The SMILES string of the molecule is CCCCCCn1c(C(=O)N(C)C)cc2cnc(Nc3ccc(N4CCNCC4)cn3)nc21. The number of carbonyl (C=O) groups is 1. The highest BCUT2D eigenvalue weighted by atomic mass is 16.2. The number of anilines is 3. The Morgan fingerprint density at radius 3 is 2.64 bits per heavy atom. The second-order valence-electron chi connectivity index (χ2n) is 8.68. The Labute approximate surface area is 195 Å². The molecule has 1 fully saturated rings. The number of nitrogens with one attached hydrogen (secondary N) is 2. The molecule has 1 aliphatic rings. The molecule has 9 heteroatoms. The number of amides is 1. The van der Waals surface area contributed by atoms with Crippen molar-refractivity contribution in [2.45, 2.75) is 39.2 Å². The van der Waals surface area contributed by atoms with Crippen LogP contribution in [0.2, 0.25) is 0 Å². The van der Waals surface area contributed by atoms with Gasteiger partial charge in [-0.25, -0.2) is 9.97 Å². The van der Waals surface area contributed by atoms with Gasteiger partial charge >= 0.3 is 0 Å². The van der Waals surface area contributed by atoms with Crippen LogP contribution in [0.1, 0.15) is 43.1 Å². The summed E-state index contributed by atoms with van der Waals surface area (Å²) in [5, 5.41) is 7.45. The maximum absolute atomic E-state index is 12.8. The van der Waals surface area contributed by atoms with Crippen LogP contribution in [0.4, 0.5) is 17.5 Å². The second-order valence-corrected chi connectivity index (χ2v) is 8.68. The number of carbonyl (C=O) groups excluding carboxylic acids is 1. The lowest BCUT2D eigenvalue weighted by Crippen LogP contribution is -2.43. The van der Waals surface area contributed by atoms with Gasteiger partial charge in [-0.05, 0) is 24.6 Å². The van der Waals surface area contributed by atoms with Gasteiger partial charge in [0.2, 0.25) is 5.95 Å². The molecule has 3 aromatic heterocycles. The minimum Gasteiger partial charge on any atom is -0.368 e. The lowest BCUT2D eigenvalue weighted by atomic mass is 10.2. The molecule has 0 unspecified atom stereocenters. The van der Waals surface area contributed by atoms with Crippen LogP contribution in [0, 0.1) is 0 Å². The zero-order valence-corrected chi connectivity index (χ0v) is 19.8. The number of pyridine rings is 1. The monoisotopic (exact) mass is 450 g/mol. The Morgan fingerprint density at radius 2 is 1.94 bits per heavy atom. The quantitative estimate of drug-likeness (QED) is 0.484. The molecule has 0 bridgehead atoms. The van der Waals surface area contributed by atoms with Crippen LogP contribution in [0.3, 0.4) is 0 Å². The van der Waals surface area contributed by atoms with Crippen molar-refractivity contribution in [1.82, 2.24) is 29.7 Å². The average molecular weight is 451 g/mol. The van der Waals surface area contributed by atoms with Crippen molar-refractivity contribution in [2.75, 3.05) is 50.5 Å². The predicted molar refractivity (Wildman–Crippen MR) is 132 cm³/mol. The van der Waals surface area contributed by atoms with Crippen LogP contribution in [0.25, 0.3) is 11.0 Å². The van der Waals surface area contributed by atoms with Gasteiger partial charge in [-0.1, -0.05) is 26.2 Å². The van der Waals surface area contributed by atoms with Crippen molar-refractivity contribution in [3.8, 4) is 0 Å². The maximum atomic E-state index is 12.8. The van der Waals surface area contributed by atoms with Crippen molar-refractivity contribution >= 4 is 34.4 Å². The Bertz CT molecular complexity index is 1070. The Kier molecular flexibility index (Phi) is 7.39. The van der Waals surface area contributed by atoms with E-state index in [4.69, 9.17) is 4.98 Å². The number of fused-ring (bicyclic) bond motifs is 1. The summed E-state index contributed by atoms with van der Waals surface area (Å²) in [5.41, 5.74) is 2.54. The number of nitrogens with zero attached hydrogens (tertiary/aromatic N) is 6.